The predicted molar refractivity (Wildman–Crippen MR) is 143 cm³/mol. The highest BCUT2D eigenvalue weighted by molar-refractivity contribution is 7.86. The topological polar surface area (TPSA) is 96.2 Å². The van der Waals surface area contributed by atoms with Gasteiger partial charge in [0.2, 0.25) is 0 Å². The Kier molecular flexibility index (Phi) is 8.98. The fourth-order valence-corrected chi connectivity index (χ4v) is 4.37. The average molecular weight is 501 g/mol. The van der Waals surface area contributed by atoms with Crippen LogP contribution >= 0.6 is 0 Å². The first-order valence-corrected chi connectivity index (χ1v) is 12.5. The summed E-state index contributed by atoms with van der Waals surface area (Å²) in [6.07, 6.45) is 3.02. The van der Waals surface area contributed by atoms with Gasteiger partial charge in [0.25, 0.3) is 5.69 Å². The highest BCUT2D eigenvalue weighted by Gasteiger charge is 2.24. The predicted octanol–water partition coefficient (Wildman–Crippen LogP) is 6.13. The van der Waals surface area contributed by atoms with Crippen molar-refractivity contribution in [1.82, 2.24) is 9.78 Å². The molecule has 3 rings (SSSR count). The third-order valence-corrected chi connectivity index (χ3v) is 6.20. The quantitative estimate of drug-likeness (QED) is 0.125. The molecule has 7 nitrogen and oxygen atoms in total. The molecule has 0 saturated heterocycles. The van der Waals surface area contributed by atoms with Crippen LogP contribution in [0.3, 0.4) is 0 Å². The van der Waals surface area contributed by atoms with Gasteiger partial charge in [-0.1, -0.05) is 53.3 Å². The van der Waals surface area contributed by atoms with Gasteiger partial charge in [-0.2, -0.15) is 5.10 Å². The molecule has 1 unspecified atom stereocenters. The second-order valence-corrected chi connectivity index (χ2v) is 9.80. The zero-order chi connectivity index (χ0) is 26.5. The minimum Gasteiger partial charge on any atom is -0.393 e. The van der Waals surface area contributed by atoms with E-state index in [0.29, 0.717) is 44.6 Å². The molecule has 1 atom stereocenters. The van der Waals surface area contributed by atoms with E-state index in [1.54, 1.807) is 54.9 Å². The zero-order valence-corrected chi connectivity index (χ0v) is 22.2. The van der Waals surface area contributed by atoms with Crippen molar-refractivity contribution < 1.29 is 18.5 Å². The monoisotopic (exact) mass is 500 g/mol. The molecule has 0 amide bonds. The van der Waals surface area contributed by atoms with Crippen molar-refractivity contribution in [3.8, 4) is 5.69 Å². The van der Waals surface area contributed by atoms with Gasteiger partial charge in [0.05, 0.1) is 21.8 Å². The molecule has 188 valence electrons. The SMILES string of the molecule is C=Cc1c(-n2nc(C)cc2NS(=O)c2ccc(C(C)(C)C)c(F)c2)ccc(N)c1/[N+](O)=C\C.CC. The van der Waals surface area contributed by atoms with Crippen LogP contribution < -0.4 is 10.5 Å². The van der Waals surface area contributed by atoms with Crippen LogP contribution in [0.5, 0.6) is 0 Å². The molecule has 0 spiro atoms. The number of benzene rings is 2. The number of rotatable bonds is 6. The summed E-state index contributed by atoms with van der Waals surface area (Å²) in [5.41, 5.74) is 8.74. The van der Waals surface area contributed by atoms with Crippen LogP contribution in [0.15, 0.2) is 47.9 Å². The van der Waals surface area contributed by atoms with Gasteiger partial charge in [0, 0.05) is 17.7 Å². The normalized spacial score (nSPS) is 12.5. The molecule has 0 aliphatic carbocycles. The Labute approximate surface area is 209 Å². The van der Waals surface area contributed by atoms with E-state index in [0.717, 1.165) is 4.74 Å². The van der Waals surface area contributed by atoms with Gasteiger partial charge < -0.3 is 5.73 Å². The highest BCUT2D eigenvalue weighted by atomic mass is 32.2. The number of aryl methyl sites for hydroxylation is 1. The first-order valence-electron chi connectivity index (χ1n) is 11.4. The van der Waals surface area contributed by atoms with Crippen molar-refractivity contribution in [2.75, 3.05) is 10.5 Å². The number of anilines is 2. The fraction of sp³-hybridized carbons (Fsp3) is 0.308. The molecule has 0 aliphatic rings. The van der Waals surface area contributed by atoms with Gasteiger partial charge in [0.1, 0.15) is 17.3 Å². The van der Waals surface area contributed by atoms with Crippen LogP contribution in [0.1, 0.15) is 58.4 Å². The summed E-state index contributed by atoms with van der Waals surface area (Å²) in [5, 5.41) is 14.8. The second kappa shape index (κ2) is 11.3. The number of hydrogen-bond acceptors (Lipinski definition) is 4. The first-order chi connectivity index (χ1) is 16.5. The summed E-state index contributed by atoms with van der Waals surface area (Å²) in [5.74, 6) is 0.0192. The molecule has 35 heavy (non-hydrogen) atoms. The van der Waals surface area contributed by atoms with Gasteiger partial charge >= 0.3 is 0 Å². The molecule has 0 fully saturated rings. The number of halogens is 1. The maximum absolute atomic E-state index is 14.6. The summed E-state index contributed by atoms with van der Waals surface area (Å²) >= 11 is 0. The van der Waals surface area contributed by atoms with Crippen LogP contribution in [0.4, 0.5) is 21.6 Å². The van der Waals surface area contributed by atoms with E-state index in [2.05, 4.69) is 16.4 Å². The van der Waals surface area contributed by atoms with Crippen molar-refractivity contribution in [2.45, 2.75) is 58.8 Å². The van der Waals surface area contributed by atoms with Gasteiger partial charge in [-0.3, -0.25) is 9.93 Å². The van der Waals surface area contributed by atoms with Crippen LogP contribution in [0.2, 0.25) is 0 Å². The largest absolute Gasteiger partial charge is 0.393 e. The van der Waals surface area contributed by atoms with Gasteiger partial charge in [-0.25, -0.2) is 13.3 Å². The molecule has 0 aliphatic heterocycles. The molecule has 1 heterocycles. The standard InChI is InChI=1S/C24H29FN5O2S.C2H6/c1-7-17-21(12-11-20(26)23(17)29(31)8-2)30-22(13-15(3)27-30)28-33(32)16-9-10-18(19(25)14-16)24(4,5)6;1-2/h7-14,28,31H,1,26H2,2-6H3;1-2H3/q+1;/b29-8+;. The maximum atomic E-state index is 14.6. The molecule has 1 aromatic heterocycles. The van der Waals surface area contributed by atoms with Crippen LogP contribution in [0, 0.1) is 12.7 Å². The Bertz CT molecular complexity index is 1280. The number of nitrogens with two attached hydrogens (primary N) is 1. The third kappa shape index (κ3) is 5.97. The van der Waals surface area contributed by atoms with Crippen molar-refractivity contribution in [2.24, 2.45) is 0 Å². The molecular formula is C26H35FN5O2S+. The molecule has 0 radical (unpaired) electrons. The summed E-state index contributed by atoms with van der Waals surface area (Å²) < 4.78 is 33.1. The molecule has 4 N–H and O–H groups in total. The lowest BCUT2D eigenvalue weighted by Gasteiger charge is -2.20. The Morgan fingerprint density at radius 2 is 1.89 bits per heavy atom. The van der Waals surface area contributed by atoms with Crippen LogP contribution in [-0.2, 0) is 16.4 Å². The molecule has 0 saturated carbocycles. The molecule has 9 heteroatoms. The molecule has 0 bridgehead atoms. The smallest absolute Gasteiger partial charge is 0.288 e. The van der Waals surface area contributed by atoms with Crippen molar-refractivity contribution in [3.63, 3.8) is 0 Å². The number of nitrogens with zero attached hydrogens (tertiary/aromatic N) is 3. The lowest BCUT2D eigenvalue weighted by atomic mass is 9.87. The van der Waals surface area contributed by atoms with Crippen molar-refractivity contribution in [1.29, 1.82) is 0 Å². The van der Waals surface area contributed by atoms with Gasteiger partial charge in [0.15, 0.2) is 17.2 Å². The second-order valence-electron chi connectivity index (χ2n) is 8.59. The maximum Gasteiger partial charge on any atom is 0.288 e. The first kappa shape index (κ1) is 27.8. The minimum atomic E-state index is -1.75. The van der Waals surface area contributed by atoms with E-state index in [4.69, 9.17) is 5.73 Å². The van der Waals surface area contributed by atoms with E-state index in [9.17, 15) is 13.8 Å². The van der Waals surface area contributed by atoms with Gasteiger partial charge in [-0.15, -0.1) is 0 Å². The minimum absolute atomic E-state index is 0.301. The summed E-state index contributed by atoms with van der Waals surface area (Å²) in [6, 6.07) is 9.70. The Morgan fingerprint density at radius 3 is 2.43 bits per heavy atom. The molecule has 3 aromatic rings. The number of aromatic nitrogens is 2. The lowest BCUT2D eigenvalue weighted by molar-refractivity contribution is -0.709. The average Bonchev–Trinajstić information content (AvgIpc) is 3.18. The zero-order valence-electron chi connectivity index (χ0n) is 21.4. The number of nitrogens with one attached hydrogen (secondary N) is 1. The van der Waals surface area contributed by atoms with Crippen molar-refractivity contribution >= 4 is 40.5 Å². The highest BCUT2D eigenvalue weighted by Crippen LogP contribution is 2.34. The van der Waals surface area contributed by atoms with E-state index in [1.807, 2.05) is 34.6 Å². The Hall–Kier alpha value is -3.46. The van der Waals surface area contributed by atoms with E-state index in [1.165, 1.54) is 12.3 Å². The van der Waals surface area contributed by atoms with Crippen LogP contribution in [-0.4, -0.2) is 30.2 Å². The lowest BCUT2D eigenvalue weighted by Crippen LogP contribution is -2.15. The fourth-order valence-electron chi connectivity index (χ4n) is 3.51. The van der Waals surface area contributed by atoms with E-state index < -0.39 is 16.8 Å². The summed E-state index contributed by atoms with van der Waals surface area (Å²) in [7, 11) is -1.75. The molecule has 2 aromatic carbocycles. The third-order valence-electron chi connectivity index (χ3n) is 5.12. The summed E-state index contributed by atoms with van der Waals surface area (Å²) in [4.78, 5) is 0.301. The Balaban J connectivity index is 0.00000210. The van der Waals surface area contributed by atoms with Crippen LogP contribution in [0.25, 0.3) is 11.8 Å². The number of hydrogen-bond donors (Lipinski definition) is 3. The van der Waals surface area contributed by atoms with E-state index >= 15 is 0 Å². The van der Waals surface area contributed by atoms with Crippen molar-refractivity contribution in [3.05, 3.63) is 65.6 Å². The molecular weight excluding hydrogens is 465 g/mol. The van der Waals surface area contributed by atoms with E-state index in [-0.39, 0.29) is 5.41 Å². The van der Waals surface area contributed by atoms with Gasteiger partial charge in [-0.05, 0) is 42.2 Å². The number of nitrogen functional groups attached to an aromatic ring is 1. The summed E-state index contributed by atoms with van der Waals surface area (Å²) in [6.45, 7) is 17.1. The Morgan fingerprint density at radius 1 is 1.23 bits per heavy atom.